The summed E-state index contributed by atoms with van der Waals surface area (Å²) < 4.78 is 55.3. The first kappa shape index (κ1) is 59.0. The summed E-state index contributed by atoms with van der Waals surface area (Å²) in [5, 5.41) is 4.47. The molecule has 1 aliphatic heterocycles. The van der Waals surface area contributed by atoms with Gasteiger partial charge in [0.2, 0.25) is 0 Å². The van der Waals surface area contributed by atoms with E-state index in [-0.39, 0.29) is 33.0 Å². The van der Waals surface area contributed by atoms with Gasteiger partial charge in [-0.15, -0.1) is 0 Å². The van der Waals surface area contributed by atoms with Crippen LogP contribution in [0.5, 0.6) is 0 Å². The van der Waals surface area contributed by atoms with Gasteiger partial charge in [0.1, 0.15) is 24.4 Å². The van der Waals surface area contributed by atoms with Gasteiger partial charge in [-0.3, -0.25) is 0 Å². The molecule has 11 nitrogen and oxygen atoms in total. The van der Waals surface area contributed by atoms with Crippen LogP contribution in [0.3, 0.4) is 0 Å². The largest absolute Gasteiger partial charge is 0.374 e. The molecule has 1 aliphatic rings. The third-order valence-corrected chi connectivity index (χ3v) is 14.2. The minimum absolute atomic E-state index is 0.0679. The van der Waals surface area contributed by atoms with Crippen molar-refractivity contribution in [1.82, 2.24) is 0 Å². The van der Waals surface area contributed by atoms with E-state index in [1.165, 1.54) is 57.8 Å². The maximum atomic E-state index is 10.4. The Kier molecular flexibility index (Phi) is 27.3. The lowest BCUT2D eigenvalue weighted by molar-refractivity contribution is -0.329. The van der Waals surface area contributed by atoms with E-state index in [1.807, 2.05) is 170 Å². The molecule has 1 saturated heterocycles. The smallest absolute Gasteiger partial charge is 0.186 e. The van der Waals surface area contributed by atoms with E-state index in [2.05, 4.69) is 29.1 Å². The Hall–Kier alpha value is -5.69. The van der Waals surface area contributed by atoms with Gasteiger partial charge in [-0.1, -0.05) is 271 Å². The van der Waals surface area contributed by atoms with Crippen LogP contribution in [0.4, 0.5) is 0 Å². The summed E-state index contributed by atoms with van der Waals surface area (Å²) in [7, 11) is 0. The fourth-order valence-corrected chi connectivity index (χ4v) is 9.87. The molecule has 6 aromatic carbocycles. The molecule has 8 atom stereocenters. The number of unbranched alkanes of at least 4 members (excludes halogenated alkanes) is 11. The summed E-state index contributed by atoms with van der Waals surface area (Å²) in [6, 6.07) is 59.7. The Morgan fingerprint density at radius 1 is 0.442 bits per heavy atom. The standard InChI is InChI=1S/C66H83N3O8/c1-2-3-4-5-6-7-8-9-10-11-12-31-44-60(71-46-54-34-21-14-22-35-54)62(72-47-55-36-23-15-24-37-55)59(68-69-67)51-76-66-65(75-50-58-42-29-18-30-43-58)64(74-49-57-40-27-17-28-41-57)63(73-48-56-38-25-16-26-39-56)61(77-66)52-70-45-53-32-19-13-20-33-53/h13-30,32-43,59-66H,2-12,31,44-52H2,1H3/t59-,60+,61+,62-,63-,64-,65+,66-/m0/s1. The Bertz CT molecular complexity index is 2450. The Labute approximate surface area is 459 Å². The average Bonchev–Trinajstić information content (AvgIpc) is 3.49. The molecular formula is C66H83N3O8. The fraction of sp³-hybridized carbons (Fsp3) is 0.455. The van der Waals surface area contributed by atoms with Crippen molar-refractivity contribution in [2.75, 3.05) is 13.2 Å². The Morgan fingerprint density at radius 3 is 1.29 bits per heavy atom. The molecule has 0 saturated carbocycles. The third-order valence-electron chi connectivity index (χ3n) is 14.2. The Morgan fingerprint density at radius 2 is 0.831 bits per heavy atom. The molecule has 77 heavy (non-hydrogen) atoms. The average molecular weight is 1050 g/mol. The lowest BCUT2D eigenvalue weighted by Crippen LogP contribution is -2.62. The maximum absolute atomic E-state index is 10.4. The summed E-state index contributed by atoms with van der Waals surface area (Å²) in [4.78, 5) is 3.44. The topological polar surface area (TPSA) is 123 Å². The lowest BCUT2D eigenvalue weighted by Gasteiger charge is -2.46. The normalized spacial score (nSPS) is 18.5. The van der Waals surface area contributed by atoms with Crippen LogP contribution in [0, 0.1) is 0 Å². The van der Waals surface area contributed by atoms with Gasteiger partial charge < -0.3 is 37.9 Å². The van der Waals surface area contributed by atoms with Crippen LogP contribution < -0.4 is 0 Å². The van der Waals surface area contributed by atoms with Crippen LogP contribution in [0.15, 0.2) is 187 Å². The first-order valence-corrected chi connectivity index (χ1v) is 28.4. The number of nitrogens with zero attached hydrogens (tertiary/aromatic N) is 3. The first-order chi connectivity index (χ1) is 38.2. The van der Waals surface area contributed by atoms with E-state index >= 15 is 0 Å². The van der Waals surface area contributed by atoms with Gasteiger partial charge in [-0.05, 0) is 45.3 Å². The molecule has 1 fully saturated rings. The van der Waals surface area contributed by atoms with E-state index in [0.29, 0.717) is 26.2 Å². The van der Waals surface area contributed by atoms with Crippen molar-refractivity contribution in [1.29, 1.82) is 0 Å². The number of benzene rings is 6. The van der Waals surface area contributed by atoms with Crippen molar-refractivity contribution in [2.24, 2.45) is 5.11 Å². The highest BCUT2D eigenvalue weighted by molar-refractivity contribution is 5.18. The van der Waals surface area contributed by atoms with Gasteiger partial charge in [0.05, 0.1) is 71.1 Å². The Balaban J connectivity index is 1.16. The van der Waals surface area contributed by atoms with Crippen LogP contribution in [0.25, 0.3) is 10.4 Å². The lowest BCUT2D eigenvalue weighted by atomic mass is 9.97. The highest BCUT2D eigenvalue weighted by Crippen LogP contribution is 2.33. The molecule has 6 aromatic rings. The first-order valence-electron chi connectivity index (χ1n) is 28.4. The molecule has 410 valence electrons. The molecule has 0 N–H and O–H groups in total. The van der Waals surface area contributed by atoms with Crippen molar-refractivity contribution >= 4 is 0 Å². The summed E-state index contributed by atoms with van der Waals surface area (Å²) in [5.74, 6) is 0. The monoisotopic (exact) mass is 1050 g/mol. The summed E-state index contributed by atoms with van der Waals surface area (Å²) >= 11 is 0. The second kappa shape index (κ2) is 35.7. The highest BCUT2D eigenvalue weighted by Gasteiger charge is 2.49. The minimum Gasteiger partial charge on any atom is -0.374 e. The third kappa shape index (κ3) is 21.6. The van der Waals surface area contributed by atoms with Crippen molar-refractivity contribution in [2.45, 2.75) is 179 Å². The van der Waals surface area contributed by atoms with Gasteiger partial charge in [-0.2, -0.15) is 0 Å². The van der Waals surface area contributed by atoms with Gasteiger partial charge >= 0.3 is 0 Å². The molecule has 0 radical (unpaired) electrons. The van der Waals surface area contributed by atoms with E-state index in [0.717, 1.165) is 52.6 Å². The number of hydrogen-bond acceptors (Lipinski definition) is 9. The predicted octanol–water partition coefficient (Wildman–Crippen LogP) is 15.6. The van der Waals surface area contributed by atoms with Crippen molar-refractivity contribution in [3.05, 3.63) is 226 Å². The zero-order chi connectivity index (χ0) is 53.2. The van der Waals surface area contributed by atoms with Gasteiger partial charge in [0.15, 0.2) is 6.29 Å². The molecule has 0 amide bonds. The fourth-order valence-electron chi connectivity index (χ4n) is 9.87. The quantitative estimate of drug-likeness (QED) is 0.0163. The molecule has 0 aromatic heterocycles. The number of ether oxygens (including phenoxy) is 8. The van der Waals surface area contributed by atoms with Crippen LogP contribution in [0.1, 0.15) is 124 Å². The highest BCUT2D eigenvalue weighted by atomic mass is 16.7. The molecule has 0 bridgehead atoms. The zero-order valence-corrected chi connectivity index (χ0v) is 45.4. The van der Waals surface area contributed by atoms with Crippen LogP contribution in [-0.4, -0.2) is 62.2 Å². The molecule has 11 heteroatoms. The molecule has 0 spiro atoms. The van der Waals surface area contributed by atoms with Crippen LogP contribution >= 0.6 is 0 Å². The van der Waals surface area contributed by atoms with Gasteiger partial charge in [-0.25, -0.2) is 0 Å². The molecule has 0 unspecified atom stereocenters. The van der Waals surface area contributed by atoms with Crippen molar-refractivity contribution in [3.8, 4) is 0 Å². The minimum atomic E-state index is -1.02. The molecular weight excluding hydrogens is 963 g/mol. The van der Waals surface area contributed by atoms with Crippen molar-refractivity contribution < 1.29 is 37.9 Å². The van der Waals surface area contributed by atoms with E-state index < -0.39 is 49.0 Å². The van der Waals surface area contributed by atoms with Crippen LogP contribution in [0.2, 0.25) is 0 Å². The second-order valence-electron chi connectivity index (χ2n) is 20.2. The SMILES string of the molecule is CCCCCCCCCCCCCC[C@@H](OCc1ccccc1)[C@@H](OCc1ccccc1)[C@H](CO[C@H]1O[C@H](COCc2ccccc2)[C@H](OCc2ccccc2)[C@H](OCc2ccccc2)[C@H]1OCc1ccccc1)N=[N+]=[N-]. The summed E-state index contributed by atoms with van der Waals surface area (Å²) in [6.07, 6.45) is 10.6. The second-order valence-corrected chi connectivity index (χ2v) is 20.2. The van der Waals surface area contributed by atoms with E-state index in [9.17, 15) is 5.53 Å². The van der Waals surface area contributed by atoms with E-state index in [4.69, 9.17) is 37.9 Å². The van der Waals surface area contributed by atoms with Crippen molar-refractivity contribution in [3.63, 3.8) is 0 Å². The number of azide groups is 1. The predicted molar refractivity (Wildman–Crippen MR) is 304 cm³/mol. The zero-order valence-electron chi connectivity index (χ0n) is 45.4. The summed E-state index contributed by atoms with van der Waals surface area (Å²) in [6.45, 7) is 4.22. The maximum Gasteiger partial charge on any atom is 0.186 e. The molecule has 1 heterocycles. The molecule has 7 rings (SSSR count). The van der Waals surface area contributed by atoms with E-state index in [1.54, 1.807) is 0 Å². The summed E-state index contributed by atoms with van der Waals surface area (Å²) in [5.41, 5.74) is 16.4. The number of hydrogen-bond donors (Lipinski definition) is 0. The van der Waals surface area contributed by atoms with Crippen LogP contribution in [-0.2, 0) is 77.5 Å². The van der Waals surface area contributed by atoms with Gasteiger partial charge in [0, 0.05) is 4.91 Å². The van der Waals surface area contributed by atoms with Gasteiger partial charge in [0.25, 0.3) is 0 Å². The number of rotatable bonds is 38. The molecule has 0 aliphatic carbocycles.